The molecular weight excluding hydrogens is 381 g/mol. The van der Waals surface area contributed by atoms with Crippen LogP contribution in [0.1, 0.15) is 38.0 Å². The Kier molecular flexibility index (Phi) is 4.19. The van der Waals surface area contributed by atoms with E-state index in [1.807, 2.05) is 0 Å². The summed E-state index contributed by atoms with van der Waals surface area (Å²) >= 11 is 3.13. The van der Waals surface area contributed by atoms with Crippen LogP contribution in [0.25, 0.3) is 0 Å². The lowest BCUT2D eigenvalue weighted by atomic mass is 10.1. The number of ether oxygens (including phenoxy) is 1. The van der Waals surface area contributed by atoms with Gasteiger partial charge in [0.25, 0.3) is 11.8 Å². The number of carbonyl (C=O) groups is 3. The van der Waals surface area contributed by atoms with Gasteiger partial charge in [-0.1, -0.05) is 12.1 Å². The normalized spacial score (nSPS) is 13.2. The van der Waals surface area contributed by atoms with Crippen LogP contribution < -0.4 is 4.90 Å². The van der Waals surface area contributed by atoms with Crippen LogP contribution in [0.2, 0.25) is 0 Å². The third-order valence-corrected chi connectivity index (χ3v) is 4.15. The summed E-state index contributed by atoms with van der Waals surface area (Å²) in [4.78, 5) is 37.4. The van der Waals surface area contributed by atoms with Crippen molar-refractivity contribution < 1.29 is 23.5 Å². The number of imide groups is 1. The van der Waals surface area contributed by atoms with Crippen LogP contribution in [-0.4, -0.2) is 24.4 Å². The molecule has 3 rings (SSSR count). The molecule has 0 saturated carbocycles. The van der Waals surface area contributed by atoms with E-state index in [1.54, 1.807) is 19.1 Å². The number of carbonyl (C=O) groups excluding carboxylic acids is 3. The lowest BCUT2D eigenvalue weighted by molar-refractivity contribution is 0.0525. The molecule has 1 aliphatic heterocycles. The van der Waals surface area contributed by atoms with Gasteiger partial charge < -0.3 is 4.74 Å². The van der Waals surface area contributed by atoms with Gasteiger partial charge in [0, 0.05) is 4.47 Å². The summed E-state index contributed by atoms with van der Waals surface area (Å²) in [6, 6.07) is 8.54. The Bertz CT molecular complexity index is 823. The molecule has 5 nitrogen and oxygen atoms in total. The Labute approximate surface area is 145 Å². The number of benzene rings is 2. The number of esters is 1. The lowest BCUT2D eigenvalue weighted by Gasteiger charge is -2.17. The number of hydrogen-bond donors (Lipinski definition) is 0. The third kappa shape index (κ3) is 2.50. The minimum Gasteiger partial charge on any atom is -0.462 e. The molecule has 0 atom stereocenters. The fourth-order valence-corrected chi connectivity index (χ4v) is 3.12. The van der Waals surface area contributed by atoms with Gasteiger partial charge in [0.1, 0.15) is 11.5 Å². The molecule has 0 fully saturated rings. The van der Waals surface area contributed by atoms with Crippen LogP contribution in [0.15, 0.2) is 40.9 Å². The number of fused-ring (bicyclic) bond motifs is 1. The van der Waals surface area contributed by atoms with E-state index in [9.17, 15) is 18.8 Å². The Morgan fingerprint density at radius 3 is 2.25 bits per heavy atom. The molecule has 0 N–H and O–H groups in total. The number of rotatable bonds is 3. The smallest absolute Gasteiger partial charge is 0.338 e. The number of hydrogen-bond acceptors (Lipinski definition) is 4. The highest BCUT2D eigenvalue weighted by Gasteiger charge is 2.39. The van der Waals surface area contributed by atoms with E-state index in [0.717, 1.165) is 11.0 Å². The molecule has 1 aliphatic rings. The number of halogens is 2. The van der Waals surface area contributed by atoms with Gasteiger partial charge in [-0.3, -0.25) is 9.59 Å². The first-order valence-corrected chi connectivity index (χ1v) is 7.89. The number of anilines is 1. The summed E-state index contributed by atoms with van der Waals surface area (Å²) < 4.78 is 19.5. The van der Waals surface area contributed by atoms with E-state index in [1.165, 1.54) is 18.2 Å². The van der Waals surface area contributed by atoms with E-state index in [4.69, 9.17) is 4.74 Å². The van der Waals surface area contributed by atoms with Crippen molar-refractivity contribution >= 4 is 39.4 Å². The average molecular weight is 392 g/mol. The van der Waals surface area contributed by atoms with Gasteiger partial charge in [-0.15, -0.1) is 0 Å². The summed E-state index contributed by atoms with van der Waals surface area (Å²) in [6.45, 7) is 1.79. The van der Waals surface area contributed by atoms with Crippen LogP contribution in [0.4, 0.5) is 10.1 Å². The second-order valence-corrected chi connectivity index (χ2v) is 5.85. The van der Waals surface area contributed by atoms with Crippen LogP contribution in [-0.2, 0) is 4.74 Å². The van der Waals surface area contributed by atoms with Crippen molar-refractivity contribution in [2.24, 2.45) is 0 Å². The van der Waals surface area contributed by atoms with Crippen molar-refractivity contribution in [3.63, 3.8) is 0 Å². The predicted molar refractivity (Wildman–Crippen MR) is 87.6 cm³/mol. The van der Waals surface area contributed by atoms with Crippen molar-refractivity contribution in [3.05, 3.63) is 63.4 Å². The Balaban J connectivity index is 2.07. The highest BCUT2D eigenvalue weighted by Crippen LogP contribution is 2.36. The summed E-state index contributed by atoms with van der Waals surface area (Å²) in [5, 5.41) is 0. The van der Waals surface area contributed by atoms with Gasteiger partial charge in [-0.25, -0.2) is 14.1 Å². The molecule has 0 aliphatic carbocycles. The summed E-state index contributed by atoms with van der Waals surface area (Å²) in [6.07, 6.45) is 0. The molecule has 0 unspecified atom stereocenters. The molecule has 2 aromatic rings. The molecule has 7 heteroatoms. The lowest BCUT2D eigenvalue weighted by Crippen LogP contribution is -2.30. The van der Waals surface area contributed by atoms with E-state index >= 15 is 0 Å². The van der Waals surface area contributed by atoms with Gasteiger partial charge in [-0.05, 0) is 47.1 Å². The minimum atomic E-state index is -0.873. The number of amides is 2. The molecule has 1 heterocycles. The minimum absolute atomic E-state index is 0.0124. The van der Waals surface area contributed by atoms with E-state index in [2.05, 4.69) is 15.9 Å². The van der Waals surface area contributed by atoms with Gasteiger partial charge in [0.15, 0.2) is 0 Å². The van der Waals surface area contributed by atoms with Crippen molar-refractivity contribution in [1.82, 2.24) is 0 Å². The van der Waals surface area contributed by atoms with Crippen molar-refractivity contribution in [3.8, 4) is 0 Å². The van der Waals surface area contributed by atoms with Gasteiger partial charge in [-0.2, -0.15) is 0 Å². The summed E-state index contributed by atoms with van der Waals surface area (Å²) in [5.74, 6) is -2.79. The van der Waals surface area contributed by atoms with Crippen molar-refractivity contribution in [2.45, 2.75) is 6.92 Å². The van der Waals surface area contributed by atoms with Crippen LogP contribution in [0, 0.1) is 5.82 Å². The molecule has 0 spiro atoms. The SMILES string of the molecule is CCOC(=O)c1cc(F)c(N2C(=O)c3ccccc3C2=O)c(Br)c1. The molecule has 24 heavy (non-hydrogen) atoms. The fourth-order valence-electron chi connectivity index (χ4n) is 2.50. The van der Waals surface area contributed by atoms with Crippen molar-refractivity contribution in [2.75, 3.05) is 11.5 Å². The molecule has 0 saturated heterocycles. The molecule has 0 aromatic heterocycles. The van der Waals surface area contributed by atoms with E-state index < -0.39 is 23.6 Å². The van der Waals surface area contributed by atoms with Crippen LogP contribution in [0.5, 0.6) is 0 Å². The van der Waals surface area contributed by atoms with E-state index in [0.29, 0.717) is 0 Å². The van der Waals surface area contributed by atoms with E-state index in [-0.39, 0.29) is 33.5 Å². The zero-order valence-corrected chi connectivity index (χ0v) is 14.1. The summed E-state index contributed by atoms with van der Waals surface area (Å²) in [7, 11) is 0. The zero-order chi connectivity index (χ0) is 17.4. The second kappa shape index (κ2) is 6.16. The monoisotopic (exact) mass is 391 g/mol. The third-order valence-electron chi connectivity index (χ3n) is 3.55. The predicted octanol–water partition coefficient (Wildman–Crippen LogP) is 3.57. The molecule has 0 bridgehead atoms. The van der Waals surface area contributed by atoms with Gasteiger partial charge >= 0.3 is 5.97 Å². The standard InChI is InChI=1S/C17H11BrFNO4/c1-2-24-17(23)9-7-12(18)14(13(19)8-9)20-15(21)10-5-3-4-6-11(10)16(20)22/h3-8H,2H2,1H3. The average Bonchev–Trinajstić information content (AvgIpc) is 2.80. The molecular formula is C17H11BrFNO4. The maximum absolute atomic E-state index is 14.5. The maximum Gasteiger partial charge on any atom is 0.338 e. The molecule has 2 aromatic carbocycles. The van der Waals surface area contributed by atoms with Gasteiger partial charge in [0.05, 0.1) is 23.3 Å². The summed E-state index contributed by atoms with van der Waals surface area (Å²) in [5.41, 5.74) is 0.183. The Hall–Kier alpha value is -2.54. The highest BCUT2D eigenvalue weighted by molar-refractivity contribution is 9.10. The fraction of sp³-hybridized carbons (Fsp3) is 0.118. The Morgan fingerprint density at radius 1 is 1.17 bits per heavy atom. The van der Waals surface area contributed by atoms with Crippen molar-refractivity contribution in [1.29, 1.82) is 0 Å². The van der Waals surface area contributed by atoms with Crippen LogP contribution in [0.3, 0.4) is 0 Å². The first-order valence-electron chi connectivity index (χ1n) is 7.09. The quantitative estimate of drug-likeness (QED) is 0.592. The Morgan fingerprint density at radius 2 is 1.75 bits per heavy atom. The van der Waals surface area contributed by atoms with Crippen LogP contribution >= 0.6 is 15.9 Å². The maximum atomic E-state index is 14.5. The van der Waals surface area contributed by atoms with Gasteiger partial charge in [0.2, 0.25) is 0 Å². The molecule has 0 radical (unpaired) electrons. The highest BCUT2D eigenvalue weighted by atomic mass is 79.9. The largest absolute Gasteiger partial charge is 0.462 e. The second-order valence-electron chi connectivity index (χ2n) is 5.00. The molecule has 2 amide bonds. The molecule has 122 valence electrons. The number of nitrogens with zero attached hydrogens (tertiary/aromatic N) is 1. The zero-order valence-electron chi connectivity index (χ0n) is 12.5. The first-order chi connectivity index (χ1) is 11.5. The first kappa shape index (κ1) is 16.3. The topological polar surface area (TPSA) is 63.7 Å².